The first-order chi connectivity index (χ1) is 9.70. The monoisotopic (exact) mass is 278 g/mol. The third-order valence-corrected chi connectivity index (χ3v) is 2.55. The van der Waals surface area contributed by atoms with Crippen LogP contribution in [0.3, 0.4) is 0 Å². The molecule has 0 unspecified atom stereocenters. The molecule has 0 aliphatic heterocycles. The van der Waals surface area contributed by atoms with E-state index in [0.717, 1.165) is 13.0 Å². The number of hydrogen-bond acceptors (Lipinski definition) is 5. The minimum Gasteiger partial charge on any atom is -0.322 e. The predicted octanol–water partition coefficient (Wildman–Crippen LogP) is 0.739. The molecule has 7 nitrogen and oxygen atoms in total. The van der Waals surface area contributed by atoms with Crippen molar-refractivity contribution in [2.24, 2.45) is 0 Å². The zero-order chi connectivity index (χ0) is 14.4. The summed E-state index contributed by atoms with van der Waals surface area (Å²) < 4.78 is 15.0. The summed E-state index contributed by atoms with van der Waals surface area (Å²) in [5, 5.41) is 16.2. The van der Waals surface area contributed by atoms with Gasteiger partial charge in [0.15, 0.2) is 0 Å². The molecule has 0 radical (unpaired) electrons. The summed E-state index contributed by atoms with van der Waals surface area (Å²) in [5.74, 6) is -0.808. The second-order valence-corrected chi connectivity index (χ2v) is 4.14. The molecule has 106 valence electrons. The van der Waals surface area contributed by atoms with Crippen LogP contribution in [0.2, 0.25) is 0 Å². The smallest absolute Gasteiger partial charge is 0.238 e. The van der Waals surface area contributed by atoms with Crippen LogP contribution in [-0.2, 0) is 4.79 Å². The van der Waals surface area contributed by atoms with Gasteiger partial charge in [0.25, 0.3) is 0 Å². The van der Waals surface area contributed by atoms with Crippen molar-refractivity contribution >= 4 is 11.6 Å². The molecule has 1 aromatic heterocycles. The molecule has 0 aliphatic rings. The van der Waals surface area contributed by atoms with Crippen molar-refractivity contribution in [2.75, 3.05) is 18.4 Å². The molecule has 0 saturated heterocycles. The number of nitrogens with one attached hydrogen (secondary N) is 2. The number of anilines is 1. The van der Waals surface area contributed by atoms with Gasteiger partial charge in [-0.1, -0.05) is 6.92 Å². The average molecular weight is 278 g/mol. The van der Waals surface area contributed by atoms with Crippen molar-refractivity contribution < 1.29 is 9.18 Å². The van der Waals surface area contributed by atoms with E-state index in [1.54, 1.807) is 0 Å². The van der Waals surface area contributed by atoms with Gasteiger partial charge in [-0.05, 0) is 41.6 Å². The number of nitrogens with zero attached hydrogens (tertiary/aromatic N) is 4. The Kier molecular flexibility index (Phi) is 4.72. The topological polar surface area (TPSA) is 84.7 Å². The quantitative estimate of drug-likeness (QED) is 0.761. The molecule has 2 aromatic rings. The van der Waals surface area contributed by atoms with Gasteiger partial charge in [-0.15, -0.1) is 5.10 Å². The Bertz CT molecular complexity index is 571. The van der Waals surface area contributed by atoms with Gasteiger partial charge in [0.05, 0.1) is 17.9 Å². The zero-order valence-corrected chi connectivity index (χ0v) is 11.0. The molecule has 0 saturated carbocycles. The second kappa shape index (κ2) is 6.71. The van der Waals surface area contributed by atoms with E-state index in [0.29, 0.717) is 5.69 Å². The molecule has 0 fully saturated rings. The molecular formula is C12H15FN6O. The van der Waals surface area contributed by atoms with Crippen molar-refractivity contribution in [3.8, 4) is 5.69 Å². The highest BCUT2D eigenvalue weighted by Gasteiger charge is 2.09. The van der Waals surface area contributed by atoms with Crippen molar-refractivity contribution in [2.45, 2.75) is 13.3 Å². The van der Waals surface area contributed by atoms with Gasteiger partial charge in [-0.3, -0.25) is 4.79 Å². The highest BCUT2D eigenvalue weighted by atomic mass is 19.1. The minimum absolute atomic E-state index is 0.0984. The SMILES string of the molecule is CCCNCC(=O)Nc1cc(-n2cnnn2)ccc1F. The van der Waals surface area contributed by atoms with Gasteiger partial charge >= 0.3 is 0 Å². The van der Waals surface area contributed by atoms with E-state index in [-0.39, 0.29) is 18.1 Å². The lowest BCUT2D eigenvalue weighted by Crippen LogP contribution is -2.28. The first kappa shape index (κ1) is 14.1. The van der Waals surface area contributed by atoms with Gasteiger partial charge in [0.2, 0.25) is 5.91 Å². The minimum atomic E-state index is -0.509. The van der Waals surface area contributed by atoms with Crippen molar-refractivity contribution in [3.63, 3.8) is 0 Å². The first-order valence-electron chi connectivity index (χ1n) is 6.24. The zero-order valence-electron chi connectivity index (χ0n) is 11.0. The highest BCUT2D eigenvalue weighted by molar-refractivity contribution is 5.92. The van der Waals surface area contributed by atoms with E-state index in [9.17, 15) is 9.18 Å². The fourth-order valence-corrected chi connectivity index (χ4v) is 1.60. The maximum absolute atomic E-state index is 13.7. The van der Waals surface area contributed by atoms with E-state index >= 15 is 0 Å². The molecule has 2 rings (SSSR count). The molecule has 0 bridgehead atoms. The second-order valence-electron chi connectivity index (χ2n) is 4.14. The number of rotatable bonds is 6. The van der Waals surface area contributed by atoms with E-state index in [1.807, 2.05) is 6.92 Å². The summed E-state index contributed by atoms with van der Waals surface area (Å²) in [4.78, 5) is 11.6. The van der Waals surface area contributed by atoms with Crippen molar-refractivity contribution in [1.82, 2.24) is 25.5 Å². The lowest BCUT2D eigenvalue weighted by atomic mass is 10.2. The van der Waals surface area contributed by atoms with Gasteiger partial charge in [0, 0.05) is 0 Å². The lowest BCUT2D eigenvalue weighted by molar-refractivity contribution is -0.115. The Hall–Kier alpha value is -2.35. The number of aromatic nitrogens is 4. The molecule has 1 amide bonds. The first-order valence-corrected chi connectivity index (χ1v) is 6.24. The molecule has 1 heterocycles. The third kappa shape index (κ3) is 3.58. The molecule has 20 heavy (non-hydrogen) atoms. The average Bonchev–Trinajstić information content (AvgIpc) is 2.95. The Morgan fingerprint density at radius 3 is 3.00 bits per heavy atom. The normalized spacial score (nSPS) is 10.5. The number of hydrogen-bond donors (Lipinski definition) is 2. The maximum Gasteiger partial charge on any atom is 0.238 e. The summed E-state index contributed by atoms with van der Waals surface area (Å²) in [6.45, 7) is 2.88. The molecular weight excluding hydrogens is 263 g/mol. The lowest BCUT2D eigenvalue weighted by Gasteiger charge is -2.08. The van der Waals surface area contributed by atoms with Crippen molar-refractivity contribution in [3.05, 3.63) is 30.3 Å². The van der Waals surface area contributed by atoms with Crippen LogP contribution in [0.4, 0.5) is 10.1 Å². The van der Waals surface area contributed by atoms with Gasteiger partial charge in [-0.2, -0.15) is 0 Å². The van der Waals surface area contributed by atoms with E-state index in [4.69, 9.17) is 0 Å². The number of benzene rings is 1. The molecule has 0 spiro atoms. The Morgan fingerprint density at radius 2 is 2.30 bits per heavy atom. The fourth-order valence-electron chi connectivity index (χ4n) is 1.60. The van der Waals surface area contributed by atoms with Crippen LogP contribution < -0.4 is 10.6 Å². The number of tetrazole rings is 1. The van der Waals surface area contributed by atoms with Crippen LogP contribution in [0.15, 0.2) is 24.5 Å². The third-order valence-electron chi connectivity index (χ3n) is 2.55. The van der Waals surface area contributed by atoms with E-state index < -0.39 is 5.82 Å². The Balaban J connectivity index is 2.07. The summed E-state index contributed by atoms with van der Waals surface area (Å²) in [6.07, 6.45) is 2.32. The number of carbonyl (C=O) groups excluding carboxylic acids is 1. The Morgan fingerprint density at radius 1 is 1.45 bits per heavy atom. The molecule has 0 atom stereocenters. The fraction of sp³-hybridized carbons (Fsp3) is 0.333. The van der Waals surface area contributed by atoms with Crippen LogP contribution in [0.25, 0.3) is 5.69 Å². The van der Waals surface area contributed by atoms with E-state index in [1.165, 1.54) is 29.2 Å². The van der Waals surface area contributed by atoms with Gasteiger partial charge in [0.1, 0.15) is 12.1 Å². The van der Waals surface area contributed by atoms with Crippen LogP contribution in [0, 0.1) is 5.82 Å². The summed E-state index contributed by atoms with van der Waals surface area (Å²) in [7, 11) is 0. The molecule has 1 aromatic carbocycles. The van der Waals surface area contributed by atoms with E-state index in [2.05, 4.69) is 26.2 Å². The van der Waals surface area contributed by atoms with Crippen LogP contribution in [0.1, 0.15) is 13.3 Å². The predicted molar refractivity (Wildman–Crippen MR) is 70.9 cm³/mol. The van der Waals surface area contributed by atoms with Gasteiger partial charge < -0.3 is 10.6 Å². The summed E-state index contributed by atoms with van der Waals surface area (Å²) in [6, 6.07) is 4.26. The standard InChI is InChI=1S/C12H15FN6O/c1-2-5-14-7-12(20)16-11-6-9(3-4-10(11)13)19-8-15-17-18-19/h3-4,6,8,14H,2,5,7H2,1H3,(H,16,20). The van der Waals surface area contributed by atoms with Crippen LogP contribution in [-0.4, -0.2) is 39.2 Å². The highest BCUT2D eigenvalue weighted by Crippen LogP contribution is 2.18. The van der Waals surface area contributed by atoms with Gasteiger partial charge in [-0.25, -0.2) is 9.07 Å². The maximum atomic E-state index is 13.7. The molecule has 2 N–H and O–H groups in total. The number of amides is 1. The number of halogens is 1. The summed E-state index contributed by atoms with van der Waals surface area (Å²) >= 11 is 0. The van der Waals surface area contributed by atoms with Crippen LogP contribution in [0.5, 0.6) is 0 Å². The van der Waals surface area contributed by atoms with Crippen LogP contribution >= 0.6 is 0 Å². The Labute approximate surface area is 115 Å². The molecule has 8 heteroatoms. The van der Waals surface area contributed by atoms with Crippen molar-refractivity contribution in [1.29, 1.82) is 0 Å². The number of carbonyl (C=O) groups is 1. The molecule has 0 aliphatic carbocycles. The largest absolute Gasteiger partial charge is 0.322 e. The summed E-state index contributed by atoms with van der Waals surface area (Å²) in [5.41, 5.74) is 0.662.